The molecule has 0 bridgehead atoms. The van der Waals surface area contributed by atoms with Gasteiger partial charge in [-0.1, -0.05) is 215 Å². The lowest BCUT2D eigenvalue weighted by Crippen LogP contribution is -2.13. The summed E-state index contributed by atoms with van der Waals surface area (Å²) >= 11 is 0. The van der Waals surface area contributed by atoms with E-state index in [1.807, 2.05) is 0 Å². The van der Waals surface area contributed by atoms with Crippen molar-refractivity contribution in [1.29, 1.82) is 0 Å². The Balaban J connectivity index is 5.26. The highest BCUT2D eigenvalue weighted by atomic mass is 31.2. The Morgan fingerprint density at radius 3 is 0.356 bits per heavy atom. The van der Waals surface area contributed by atoms with E-state index in [0.29, 0.717) is 0 Å². The third-order valence-corrected chi connectivity index (χ3v) is 24.8. The topological polar surface area (TPSA) is 0 Å². The van der Waals surface area contributed by atoms with E-state index in [1.54, 1.807) is 101 Å². The number of hydrogen-bond acceptors (Lipinski definition) is 0. The second-order valence-electron chi connectivity index (χ2n) is 20.6. The SMILES string of the molecule is CCCCCCCC[P+](CCCCCCCC)(CCCCCCCC)CCCCCCCCC[P+](CCCCCCCC)(CCCCCCCC)CCCCCCCC. The molecule has 0 heterocycles. The van der Waals surface area contributed by atoms with Crippen molar-refractivity contribution in [3.8, 4) is 0 Å². The zero-order valence-corrected chi connectivity index (χ0v) is 44.7. The summed E-state index contributed by atoms with van der Waals surface area (Å²) in [7, 11) is -1.60. The van der Waals surface area contributed by atoms with Crippen LogP contribution in [0.2, 0.25) is 0 Å². The van der Waals surface area contributed by atoms with Gasteiger partial charge in [0.2, 0.25) is 0 Å². The fraction of sp³-hybridized carbons (Fsp3) is 1.00. The molecule has 0 saturated carbocycles. The monoisotopic (exact) mass is 867 g/mol. The molecule has 0 aliphatic rings. The Morgan fingerprint density at radius 1 is 0.136 bits per heavy atom. The molecule has 0 aromatic rings. The molecule has 0 rings (SSSR count). The standard InChI is InChI=1S/C57H120P2/c1-7-13-19-25-34-42-50-58(51-43-35-26-20-14-8-2,52-44-36-27-21-15-9-3)56-48-40-32-31-33-41-49-57-59(53-45-37-28-22-16-10-4,54-46-38-29-23-17-11-5)55-47-39-30-24-18-12-6/h7-57H2,1-6H3/q+2. The van der Waals surface area contributed by atoms with Gasteiger partial charge in [0.1, 0.15) is 0 Å². The predicted octanol–water partition coefficient (Wildman–Crippen LogP) is 21.9. The summed E-state index contributed by atoms with van der Waals surface area (Å²) in [6, 6.07) is 0. The van der Waals surface area contributed by atoms with Crippen molar-refractivity contribution in [2.75, 3.05) is 49.3 Å². The molecule has 2 heteroatoms. The van der Waals surface area contributed by atoms with Crippen molar-refractivity contribution in [3.63, 3.8) is 0 Å². The summed E-state index contributed by atoms with van der Waals surface area (Å²) in [5.41, 5.74) is 0. The molecule has 0 aliphatic carbocycles. The molecule has 0 nitrogen and oxygen atoms in total. The summed E-state index contributed by atoms with van der Waals surface area (Å²) in [5.74, 6) is 0. The first kappa shape index (κ1) is 59.9. The van der Waals surface area contributed by atoms with Gasteiger partial charge in [0, 0.05) is 14.5 Å². The molecule has 0 spiro atoms. The van der Waals surface area contributed by atoms with E-state index in [0.717, 1.165) is 0 Å². The fourth-order valence-corrected chi connectivity index (χ4v) is 20.3. The zero-order chi connectivity index (χ0) is 43.1. The molecule has 0 aliphatic heterocycles. The summed E-state index contributed by atoms with van der Waals surface area (Å²) in [4.78, 5) is 0. The summed E-state index contributed by atoms with van der Waals surface area (Å²) in [6.45, 7) is 14.2. The highest BCUT2D eigenvalue weighted by Crippen LogP contribution is 2.62. The van der Waals surface area contributed by atoms with Gasteiger partial charge in [-0.15, -0.1) is 0 Å². The largest absolute Gasteiger partial charge is 0.0654 e. The zero-order valence-electron chi connectivity index (χ0n) is 43.0. The minimum absolute atomic E-state index is 0.798. The number of unbranched alkanes of at least 4 members (excludes halogenated alkanes) is 36. The molecule has 0 N–H and O–H groups in total. The van der Waals surface area contributed by atoms with Gasteiger partial charge in [-0.3, -0.25) is 0 Å². The molecular formula is C57H120P2+2. The lowest BCUT2D eigenvalue weighted by Gasteiger charge is -2.29. The quantitative estimate of drug-likeness (QED) is 0.0422. The van der Waals surface area contributed by atoms with Crippen LogP contribution in [0.5, 0.6) is 0 Å². The van der Waals surface area contributed by atoms with E-state index in [1.165, 1.54) is 225 Å². The third kappa shape index (κ3) is 40.1. The number of hydrogen-bond donors (Lipinski definition) is 0. The Labute approximate surface area is 379 Å². The van der Waals surface area contributed by atoms with Crippen LogP contribution >= 0.6 is 14.5 Å². The van der Waals surface area contributed by atoms with Crippen LogP contribution in [0.25, 0.3) is 0 Å². The van der Waals surface area contributed by atoms with Crippen LogP contribution in [0.1, 0.15) is 318 Å². The Kier molecular flexibility index (Phi) is 49.0. The highest BCUT2D eigenvalue weighted by Gasteiger charge is 2.36. The first-order valence-electron chi connectivity index (χ1n) is 28.8. The van der Waals surface area contributed by atoms with Gasteiger partial charge >= 0.3 is 0 Å². The van der Waals surface area contributed by atoms with Crippen molar-refractivity contribution in [1.82, 2.24) is 0 Å². The van der Waals surface area contributed by atoms with Gasteiger partial charge < -0.3 is 0 Å². The van der Waals surface area contributed by atoms with Gasteiger partial charge in [-0.2, -0.15) is 0 Å². The Bertz CT molecular complexity index is 618. The van der Waals surface area contributed by atoms with E-state index >= 15 is 0 Å². The van der Waals surface area contributed by atoms with Gasteiger partial charge in [0.05, 0.1) is 49.3 Å². The second-order valence-corrected chi connectivity index (χ2v) is 29.5. The second kappa shape index (κ2) is 48.3. The van der Waals surface area contributed by atoms with Crippen molar-refractivity contribution < 1.29 is 0 Å². The normalized spacial score (nSPS) is 12.3. The predicted molar refractivity (Wildman–Crippen MR) is 285 cm³/mol. The van der Waals surface area contributed by atoms with Gasteiger partial charge in [0.25, 0.3) is 0 Å². The average molecular weight is 868 g/mol. The molecule has 0 radical (unpaired) electrons. The molecule has 356 valence electrons. The van der Waals surface area contributed by atoms with Gasteiger partial charge in [-0.25, -0.2) is 0 Å². The minimum atomic E-state index is -0.798. The summed E-state index contributed by atoms with van der Waals surface area (Å²) in [5, 5.41) is 0. The molecule has 0 saturated heterocycles. The lowest BCUT2D eigenvalue weighted by molar-refractivity contribution is 0.597. The molecular weight excluding hydrogens is 747 g/mol. The molecule has 0 aromatic heterocycles. The number of rotatable bonds is 52. The lowest BCUT2D eigenvalue weighted by atomic mass is 10.1. The molecule has 0 amide bonds. The van der Waals surface area contributed by atoms with E-state index in [9.17, 15) is 0 Å². The van der Waals surface area contributed by atoms with E-state index in [4.69, 9.17) is 0 Å². The summed E-state index contributed by atoms with van der Waals surface area (Å²) in [6.07, 6.45) is 77.5. The maximum absolute atomic E-state index is 2.37. The van der Waals surface area contributed by atoms with Crippen LogP contribution in [-0.2, 0) is 0 Å². The fourth-order valence-electron chi connectivity index (χ4n) is 10.5. The van der Waals surface area contributed by atoms with Crippen LogP contribution in [-0.4, -0.2) is 49.3 Å². The first-order chi connectivity index (χ1) is 29.1. The van der Waals surface area contributed by atoms with E-state index < -0.39 is 14.5 Å². The van der Waals surface area contributed by atoms with Crippen molar-refractivity contribution in [2.24, 2.45) is 0 Å². The van der Waals surface area contributed by atoms with Gasteiger partial charge in [0.15, 0.2) is 0 Å². The van der Waals surface area contributed by atoms with Crippen LogP contribution in [0.15, 0.2) is 0 Å². The maximum atomic E-state index is 2.37. The average Bonchev–Trinajstić information content (AvgIpc) is 3.24. The minimum Gasteiger partial charge on any atom is -0.0654 e. The van der Waals surface area contributed by atoms with Crippen LogP contribution in [0.4, 0.5) is 0 Å². The van der Waals surface area contributed by atoms with Gasteiger partial charge in [-0.05, 0) is 103 Å². The molecule has 0 unspecified atom stereocenters. The van der Waals surface area contributed by atoms with Crippen LogP contribution < -0.4 is 0 Å². The Hall–Kier alpha value is 0.860. The Morgan fingerprint density at radius 2 is 0.237 bits per heavy atom. The molecule has 59 heavy (non-hydrogen) atoms. The van der Waals surface area contributed by atoms with Crippen molar-refractivity contribution in [2.45, 2.75) is 318 Å². The third-order valence-electron chi connectivity index (χ3n) is 14.7. The van der Waals surface area contributed by atoms with E-state index in [2.05, 4.69) is 41.5 Å². The maximum Gasteiger partial charge on any atom is 0.0594 e. The first-order valence-corrected chi connectivity index (χ1v) is 33.8. The summed E-state index contributed by atoms with van der Waals surface area (Å²) < 4.78 is 0. The van der Waals surface area contributed by atoms with Crippen molar-refractivity contribution in [3.05, 3.63) is 0 Å². The van der Waals surface area contributed by atoms with Crippen molar-refractivity contribution >= 4 is 14.5 Å². The van der Waals surface area contributed by atoms with Crippen LogP contribution in [0, 0.1) is 0 Å². The van der Waals surface area contributed by atoms with E-state index in [-0.39, 0.29) is 0 Å². The molecule has 0 fully saturated rings. The molecule has 0 aromatic carbocycles. The smallest absolute Gasteiger partial charge is 0.0594 e. The molecule has 0 atom stereocenters. The van der Waals surface area contributed by atoms with Crippen LogP contribution in [0.3, 0.4) is 0 Å². The highest BCUT2D eigenvalue weighted by molar-refractivity contribution is 7.76.